The molecule has 2 heteroatoms. The van der Waals surface area contributed by atoms with Crippen molar-refractivity contribution in [2.45, 2.75) is 93.0 Å². The van der Waals surface area contributed by atoms with Crippen LogP contribution < -0.4 is 9.13 Å². The van der Waals surface area contributed by atoms with Crippen molar-refractivity contribution in [1.82, 2.24) is 0 Å². The molecule has 4 unspecified atom stereocenters. The molecule has 1 aliphatic rings. The molecule has 0 amide bonds. The van der Waals surface area contributed by atoms with Crippen molar-refractivity contribution < 1.29 is 9.13 Å². The van der Waals surface area contributed by atoms with Gasteiger partial charge in [0.05, 0.1) is 5.56 Å². The predicted octanol–water partition coefficient (Wildman–Crippen LogP) is 8.88. The van der Waals surface area contributed by atoms with Crippen LogP contribution >= 0.6 is 0 Å². The van der Waals surface area contributed by atoms with E-state index >= 15 is 0 Å². The van der Waals surface area contributed by atoms with Crippen LogP contribution in [-0.4, -0.2) is 0 Å². The Morgan fingerprint density at radius 3 is 2.46 bits per heavy atom. The highest BCUT2D eigenvalue weighted by molar-refractivity contribution is 5.67. The number of benzene rings is 1. The number of nitrogens with zero attached hydrogens (tertiary/aromatic N) is 2. The Morgan fingerprint density at radius 2 is 1.77 bits per heavy atom. The molecule has 0 aliphatic carbocycles. The van der Waals surface area contributed by atoms with Crippen LogP contribution in [-0.2, 0) is 6.42 Å². The molecule has 3 aromatic rings. The molecule has 39 heavy (non-hydrogen) atoms. The van der Waals surface area contributed by atoms with Gasteiger partial charge < -0.3 is 0 Å². The molecule has 0 saturated heterocycles. The topological polar surface area (TPSA) is 7.76 Å². The van der Waals surface area contributed by atoms with Crippen molar-refractivity contribution in [3.8, 4) is 11.3 Å². The lowest BCUT2D eigenvalue weighted by molar-refractivity contribution is -0.721. The monoisotopic (exact) mass is 522 g/mol. The van der Waals surface area contributed by atoms with Crippen LogP contribution in [0.2, 0.25) is 0 Å². The van der Waals surface area contributed by atoms with Gasteiger partial charge in [-0.15, -0.1) is 0 Å². The second kappa shape index (κ2) is 12.5. The van der Waals surface area contributed by atoms with Gasteiger partial charge in [-0.2, -0.15) is 9.13 Å². The number of fused-ring (bicyclic) bond motifs is 3. The summed E-state index contributed by atoms with van der Waals surface area (Å²) in [5.74, 6) is 2.08. The summed E-state index contributed by atoms with van der Waals surface area (Å²) in [5, 5.41) is 0. The van der Waals surface area contributed by atoms with Crippen molar-refractivity contribution in [2.75, 3.05) is 0 Å². The van der Waals surface area contributed by atoms with Crippen molar-refractivity contribution in [1.29, 1.82) is 0 Å². The molecule has 3 heterocycles. The van der Waals surface area contributed by atoms with Crippen LogP contribution in [0.4, 0.5) is 0 Å². The van der Waals surface area contributed by atoms with E-state index in [1.807, 2.05) is 0 Å². The maximum absolute atomic E-state index is 4.85. The van der Waals surface area contributed by atoms with Crippen molar-refractivity contribution >= 4 is 5.70 Å². The molecular weight excluding hydrogens is 472 g/mol. The lowest BCUT2D eigenvalue weighted by atomic mass is 9.77. The van der Waals surface area contributed by atoms with E-state index in [-0.39, 0.29) is 5.92 Å². The van der Waals surface area contributed by atoms with Crippen molar-refractivity contribution in [2.24, 2.45) is 17.8 Å². The van der Waals surface area contributed by atoms with E-state index < -0.39 is 0 Å². The zero-order chi connectivity index (χ0) is 28.3. The minimum Gasteiger partial charge on any atom is -0.194 e. The van der Waals surface area contributed by atoms with Gasteiger partial charge in [0, 0.05) is 36.6 Å². The first kappa shape index (κ1) is 29.0. The Kier molecular flexibility index (Phi) is 9.26. The summed E-state index contributed by atoms with van der Waals surface area (Å²) in [6, 6.07) is 16.3. The lowest BCUT2D eigenvalue weighted by Crippen LogP contribution is -2.51. The Hall–Kier alpha value is -3.00. The van der Waals surface area contributed by atoms with Gasteiger partial charge in [-0.25, -0.2) is 0 Å². The van der Waals surface area contributed by atoms with E-state index in [2.05, 4.69) is 132 Å². The van der Waals surface area contributed by atoms with Crippen LogP contribution in [0.15, 0.2) is 73.6 Å². The van der Waals surface area contributed by atoms with E-state index in [4.69, 9.17) is 6.58 Å². The van der Waals surface area contributed by atoms with Crippen LogP contribution in [0, 0.1) is 38.5 Å². The Morgan fingerprint density at radius 1 is 1.03 bits per heavy atom. The number of allylic oxidation sites excluding steroid dienone is 3. The fourth-order valence-electron chi connectivity index (χ4n) is 6.64. The summed E-state index contributed by atoms with van der Waals surface area (Å²) in [4.78, 5) is 0. The molecule has 0 spiro atoms. The van der Waals surface area contributed by atoms with E-state index in [1.165, 1.54) is 57.7 Å². The third-order valence-corrected chi connectivity index (χ3v) is 8.94. The molecule has 2 nitrogen and oxygen atoms in total. The van der Waals surface area contributed by atoms with Crippen molar-refractivity contribution in [3.05, 3.63) is 102 Å². The van der Waals surface area contributed by atoms with Gasteiger partial charge in [-0.3, -0.25) is 0 Å². The molecule has 0 saturated carbocycles. The Balaban J connectivity index is 1.86. The predicted molar refractivity (Wildman–Crippen MR) is 166 cm³/mol. The normalized spacial score (nSPS) is 18.2. The first-order valence-electron chi connectivity index (χ1n) is 15.1. The summed E-state index contributed by atoms with van der Waals surface area (Å²) in [5.41, 5.74) is 10.6. The standard InChI is InChI=1S/C37H50N2/c1-10-14-31(27(6)11-2)18-20-36-37(30(9)38-24-32(21-25(3)4)28(7)22-29(38)8)34-16-13-12-15-33(34)35-19-17-26(5)23-39(35)36/h10,12-17,19,22-25,27,31,36-37H,9,11,18,20-21H2,1-8H3/q+2/b14-10-. The van der Waals surface area contributed by atoms with Gasteiger partial charge in [0.1, 0.15) is 5.92 Å². The zero-order valence-corrected chi connectivity index (χ0v) is 25.7. The van der Waals surface area contributed by atoms with Gasteiger partial charge in [-0.05, 0) is 81.2 Å². The first-order valence-corrected chi connectivity index (χ1v) is 15.1. The van der Waals surface area contributed by atoms with Crippen molar-refractivity contribution in [3.63, 3.8) is 0 Å². The Bertz CT molecular complexity index is 1350. The third kappa shape index (κ3) is 6.11. The second-order valence-corrected chi connectivity index (χ2v) is 12.4. The van der Waals surface area contributed by atoms with Crippen LogP contribution in [0.3, 0.4) is 0 Å². The molecule has 0 N–H and O–H groups in total. The molecule has 1 aromatic carbocycles. The minimum atomic E-state index is 0.196. The molecule has 1 aliphatic heterocycles. The number of hydrogen-bond donors (Lipinski definition) is 0. The molecule has 4 atom stereocenters. The number of aryl methyl sites for hydroxylation is 3. The summed E-state index contributed by atoms with van der Waals surface area (Å²) < 4.78 is 4.98. The smallest absolute Gasteiger partial charge is 0.194 e. The van der Waals surface area contributed by atoms with Crippen LogP contribution in [0.5, 0.6) is 0 Å². The first-order chi connectivity index (χ1) is 18.7. The Labute approximate surface area is 238 Å². The number of rotatable bonds is 10. The maximum atomic E-state index is 4.85. The average Bonchev–Trinajstić information content (AvgIpc) is 2.91. The highest BCUT2D eigenvalue weighted by Crippen LogP contribution is 2.44. The lowest BCUT2D eigenvalue weighted by Gasteiger charge is -2.31. The number of aromatic nitrogens is 2. The molecule has 4 rings (SSSR count). The van der Waals surface area contributed by atoms with Gasteiger partial charge in [0.15, 0.2) is 29.8 Å². The zero-order valence-electron chi connectivity index (χ0n) is 25.7. The summed E-state index contributed by atoms with van der Waals surface area (Å²) in [7, 11) is 0. The van der Waals surface area contributed by atoms with Gasteiger partial charge in [0.2, 0.25) is 5.69 Å². The highest BCUT2D eigenvalue weighted by atomic mass is 15.1. The van der Waals surface area contributed by atoms with E-state index in [0.29, 0.717) is 23.8 Å². The van der Waals surface area contributed by atoms with Gasteiger partial charge in [0.25, 0.3) is 0 Å². The maximum Gasteiger partial charge on any atom is 0.213 e. The number of hydrogen-bond acceptors (Lipinski definition) is 0. The third-order valence-electron chi connectivity index (χ3n) is 8.94. The molecule has 206 valence electrons. The van der Waals surface area contributed by atoms with Gasteiger partial charge >= 0.3 is 0 Å². The number of pyridine rings is 2. The van der Waals surface area contributed by atoms with Gasteiger partial charge in [-0.1, -0.05) is 64.5 Å². The molecule has 0 bridgehead atoms. The van der Waals surface area contributed by atoms with Crippen LogP contribution in [0.1, 0.15) is 93.8 Å². The summed E-state index contributed by atoms with van der Waals surface area (Å²) in [6.45, 7) is 23.1. The SMILES string of the molecule is C=C(C1c2ccccc2-c2ccc(C)c[n+]2C1CCC(/C=C\C)C(C)CC)[n+]1cc(CC(C)C)c(C)cc1C. The quantitative estimate of drug-likeness (QED) is 0.185. The highest BCUT2D eigenvalue weighted by Gasteiger charge is 2.45. The van der Waals surface area contributed by atoms with E-state index in [1.54, 1.807) is 0 Å². The molecular formula is C37H50N2+2. The molecule has 0 radical (unpaired) electrons. The second-order valence-electron chi connectivity index (χ2n) is 12.4. The molecule has 2 aromatic heterocycles. The summed E-state index contributed by atoms with van der Waals surface area (Å²) in [6.07, 6.45) is 14.0. The molecule has 0 fully saturated rings. The average molecular weight is 523 g/mol. The summed E-state index contributed by atoms with van der Waals surface area (Å²) >= 11 is 0. The van der Waals surface area contributed by atoms with E-state index in [9.17, 15) is 0 Å². The fraction of sp³-hybridized carbons (Fsp3) is 0.459. The largest absolute Gasteiger partial charge is 0.213 e. The van der Waals surface area contributed by atoms with E-state index in [0.717, 1.165) is 12.8 Å². The fourth-order valence-corrected chi connectivity index (χ4v) is 6.64. The van der Waals surface area contributed by atoms with Crippen LogP contribution in [0.25, 0.3) is 17.0 Å². The minimum absolute atomic E-state index is 0.196.